The smallest absolute Gasteiger partial charge is 0.302 e. The molecule has 0 aliphatic heterocycles. The van der Waals surface area contributed by atoms with Crippen LogP contribution in [0.5, 0.6) is 0 Å². The van der Waals surface area contributed by atoms with Crippen LogP contribution in [0.25, 0.3) is 0 Å². The van der Waals surface area contributed by atoms with Gasteiger partial charge in [-0.05, 0) is 23.8 Å². The van der Waals surface area contributed by atoms with E-state index in [4.69, 9.17) is 0 Å². The molecule has 0 bridgehead atoms. The van der Waals surface area contributed by atoms with Gasteiger partial charge in [0.05, 0.1) is 11.1 Å². The molecule has 0 unspecified atom stereocenters. The van der Waals surface area contributed by atoms with E-state index in [9.17, 15) is 31.1 Å². The molecule has 2 rings (SSSR count). The average Bonchev–Trinajstić information content (AvgIpc) is 2.92. The van der Waals surface area contributed by atoms with E-state index in [1.807, 2.05) is 0 Å². The normalized spacial score (nSPS) is 12.3. The Kier molecular flexibility index (Phi) is 5.40. The highest BCUT2D eigenvalue weighted by Crippen LogP contribution is 2.37. The molecule has 1 aromatic heterocycles. The Hall–Kier alpha value is -2.10. The summed E-state index contributed by atoms with van der Waals surface area (Å²) in [7, 11) is 0. The zero-order valence-corrected chi connectivity index (χ0v) is 13.6. The zero-order valence-electron chi connectivity index (χ0n) is 12.8. The first-order valence-electron chi connectivity index (χ1n) is 7.02. The van der Waals surface area contributed by atoms with Gasteiger partial charge in [-0.1, -0.05) is 6.92 Å². The molecule has 0 aliphatic carbocycles. The minimum Gasteiger partial charge on any atom is -0.302 e. The quantitative estimate of drug-likeness (QED) is 0.746. The van der Waals surface area contributed by atoms with Crippen LogP contribution in [-0.2, 0) is 23.6 Å². The summed E-state index contributed by atoms with van der Waals surface area (Å²) < 4.78 is 77.0. The molecular formula is C15H12F6N2OS. The van der Waals surface area contributed by atoms with Gasteiger partial charge < -0.3 is 5.32 Å². The summed E-state index contributed by atoms with van der Waals surface area (Å²) in [6.07, 6.45) is -8.40. The predicted molar refractivity (Wildman–Crippen MR) is 80.3 cm³/mol. The van der Waals surface area contributed by atoms with Crippen LogP contribution in [0.4, 0.5) is 31.5 Å². The van der Waals surface area contributed by atoms with Gasteiger partial charge in [-0.3, -0.25) is 4.79 Å². The van der Waals surface area contributed by atoms with Crippen molar-refractivity contribution in [3.63, 3.8) is 0 Å². The number of thiazole rings is 1. The second-order valence-corrected chi connectivity index (χ2v) is 6.24. The Morgan fingerprint density at radius 2 is 1.64 bits per heavy atom. The Balaban J connectivity index is 2.31. The number of nitrogens with one attached hydrogen (secondary N) is 1. The van der Waals surface area contributed by atoms with Crippen molar-refractivity contribution in [2.24, 2.45) is 0 Å². The van der Waals surface area contributed by atoms with E-state index in [1.54, 1.807) is 6.92 Å². The van der Waals surface area contributed by atoms with Gasteiger partial charge in [0.2, 0.25) is 5.91 Å². The number of rotatable bonds is 4. The van der Waals surface area contributed by atoms with Crippen LogP contribution in [0, 0.1) is 0 Å². The lowest BCUT2D eigenvalue weighted by molar-refractivity contribution is -0.143. The fourth-order valence-electron chi connectivity index (χ4n) is 1.98. The van der Waals surface area contributed by atoms with Gasteiger partial charge in [-0.15, -0.1) is 11.3 Å². The van der Waals surface area contributed by atoms with Gasteiger partial charge in [0, 0.05) is 23.9 Å². The lowest BCUT2D eigenvalue weighted by Gasteiger charge is -2.13. The van der Waals surface area contributed by atoms with Crippen molar-refractivity contribution < 1.29 is 31.1 Å². The van der Waals surface area contributed by atoms with Crippen LogP contribution in [0.1, 0.15) is 34.9 Å². The Bertz CT molecular complexity index is 734. The first-order valence-corrected chi connectivity index (χ1v) is 7.83. The van der Waals surface area contributed by atoms with Crippen LogP contribution in [0.15, 0.2) is 24.4 Å². The van der Waals surface area contributed by atoms with Crippen molar-refractivity contribution >= 4 is 22.4 Å². The Labute approximate surface area is 142 Å². The molecule has 0 saturated carbocycles. The van der Waals surface area contributed by atoms with Crippen LogP contribution in [0.2, 0.25) is 0 Å². The summed E-state index contributed by atoms with van der Waals surface area (Å²) >= 11 is 0.993. The van der Waals surface area contributed by atoms with E-state index >= 15 is 0 Å². The molecule has 136 valence electrons. The molecule has 0 spiro atoms. The van der Waals surface area contributed by atoms with E-state index in [0.29, 0.717) is 17.0 Å². The van der Waals surface area contributed by atoms with Crippen molar-refractivity contribution in [1.29, 1.82) is 0 Å². The van der Waals surface area contributed by atoms with Gasteiger partial charge in [-0.25, -0.2) is 4.98 Å². The van der Waals surface area contributed by atoms with Crippen molar-refractivity contribution in [2.45, 2.75) is 32.1 Å². The molecule has 0 atom stereocenters. The number of carbonyl (C=O) groups is 1. The maximum absolute atomic E-state index is 12.8. The summed E-state index contributed by atoms with van der Waals surface area (Å²) in [5.74, 6) is -0.292. The van der Waals surface area contributed by atoms with Gasteiger partial charge in [0.15, 0.2) is 5.13 Å². The molecule has 0 radical (unpaired) electrons. The van der Waals surface area contributed by atoms with Gasteiger partial charge in [0.25, 0.3) is 0 Å². The van der Waals surface area contributed by atoms with E-state index < -0.39 is 23.5 Å². The Morgan fingerprint density at radius 3 is 2.12 bits per heavy atom. The van der Waals surface area contributed by atoms with Crippen molar-refractivity contribution in [3.8, 4) is 0 Å². The molecule has 1 aromatic carbocycles. The number of anilines is 1. The summed E-state index contributed by atoms with van der Waals surface area (Å²) in [5, 5.41) is 2.72. The lowest BCUT2D eigenvalue weighted by Crippen LogP contribution is -2.11. The zero-order chi connectivity index (χ0) is 18.8. The predicted octanol–water partition coefficient (Wildman–Crippen LogP) is 5.12. The minimum absolute atomic E-state index is 0.0864. The molecule has 2 aromatic rings. The topological polar surface area (TPSA) is 42.0 Å². The number of halogens is 6. The first kappa shape index (κ1) is 19.2. The maximum atomic E-state index is 12.8. The molecule has 10 heteroatoms. The number of alkyl halides is 6. The first-order chi connectivity index (χ1) is 11.5. The second kappa shape index (κ2) is 7.03. The van der Waals surface area contributed by atoms with E-state index in [2.05, 4.69) is 10.3 Å². The summed E-state index contributed by atoms with van der Waals surface area (Å²) in [4.78, 5) is 15.6. The summed E-state index contributed by atoms with van der Waals surface area (Å²) in [6.45, 7) is 1.63. The van der Waals surface area contributed by atoms with Crippen molar-refractivity contribution in [3.05, 3.63) is 46.0 Å². The van der Waals surface area contributed by atoms with E-state index in [1.165, 1.54) is 6.20 Å². The third-order valence-electron chi connectivity index (χ3n) is 3.15. The highest BCUT2D eigenvalue weighted by molar-refractivity contribution is 7.15. The largest absolute Gasteiger partial charge is 0.416 e. The Morgan fingerprint density at radius 1 is 1.08 bits per heavy atom. The number of hydrogen-bond acceptors (Lipinski definition) is 3. The number of aromatic nitrogens is 1. The van der Waals surface area contributed by atoms with Gasteiger partial charge in [-0.2, -0.15) is 26.3 Å². The minimum atomic E-state index is -4.88. The fourth-order valence-corrected chi connectivity index (χ4v) is 2.84. The molecule has 1 heterocycles. The summed E-state index contributed by atoms with van der Waals surface area (Å²) in [5.41, 5.74) is -2.86. The van der Waals surface area contributed by atoms with Gasteiger partial charge in [0.1, 0.15) is 0 Å². The monoisotopic (exact) mass is 382 g/mol. The molecule has 3 nitrogen and oxygen atoms in total. The van der Waals surface area contributed by atoms with Crippen molar-refractivity contribution in [1.82, 2.24) is 4.98 Å². The highest BCUT2D eigenvalue weighted by Gasteiger charge is 2.36. The number of amides is 1. The SMILES string of the molecule is CCC(=O)Nc1ncc(Cc2cc(C(F)(F)F)cc(C(F)(F)F)c2)s1. The van der Waals surface area contributed by atoms with Crippen LogP contribution < -0.4 is 5.32 Å². The number of hydrogen-bond donors (Lipinski definition) is 1. The maximum Gasteiger partial charge on any atom is 0.416 e. The molecule has 0 aliphatic rings. The second-order valence-electron chi connectivity index (χ2n) is 5.12. The van der Waals surface area contributed by atoms with E-state index in [-0.39, 0.29) is 35.5 Å². The fraction of sp³-hybridized carbons (Fsp3) is 0.333. The molecule has 25 heavy (non-hydrogen) atoms. The molecule has 1 N–H and O–H groups in total. The molecular weight excluding hydrogens is 370 g/mol. The van der Waals surface area contributed by atoms with Gasteiger partial charge >= 0.3 is 12.4 Å². The summed E-state index contributed by atoms with van der Waals surface area (Å²) in [6, 6.07) is 1.45. The average molecular weight is 382 g/mol. The number of benzene rings is 1. The third-order valence-corrected chi connectivity index (χ3v) is 4.06. The molecule has 0 saturated heterocycles. The van der Waals surface area contributed by atoms with E-state index in [0.717, 1.165) is 11.3 Å². The standard InChI is InChI=1S/C15H12F6N2OS/c1-2-12(24)23-13-22-7-11(25-13)5-8-3-9(14(16,17)18)6-10(4-8)15(19,20)21/h3-4,6-7H,2,5H2,1H3,(H,22,23,24). The number of carbonyl (C=O) groups excluding carboxylic acids is 1. The molecule has 0 fully saturated rings. The molecule has 1 amide bonds. The highest BCUT2D eigenvalue weighted by atomic mass is 32.1. The van der Waals surface area contributed by atoms with Crippen LogP contribution >= 0.6 is 11.3 Å². The number of nitrogens with zero attached hydrogens (tertiary/aromatic N) is 1. The van der Waals surface area contributed by atoms with Crippen LogP contribution in [-0.4, -0.2) is 10.9 Å². The lowest BCUT2D eigenvalue weighted by atomic mass is 10.0. The van der Waals surface area contributed by atoms with Crippen molar-refractivity contribution in [2.75, 3.05) is 5.32 Å². The van der Waals surface area contributed by atoms with Crippen LogP contribution in [0.3, 0.4) is 0 Å². The third kappa shape index (κ3) is 5.18.